The van der Waals surface area contributed by atoms with Crippen molar-refractivity contribution in [3.63, 3.8) is 0 Å². The molecule has 0 radical (unpaired) electrons. The number of carbonyl (C=O) groups is 2. The van der Waals surface area contributed by atoms with Crippen LogP contribution in [-0.4, -0.2) is 35.1 Å². The van der Waals surface area contributed by atoms with Crippen LogP contribution in [0.5, 0.6) is 0 Å². The van der Waals surface area contributed by atoms with Crippen molar-refractivity contribution >= 4 is 11.7 Å². The summed E-state index contributed by atoms with van der Waals surface area (Å²) in [7, 11) is 0. The van der Waals surface area contributed by atoms with Crippen molar-refractivity contribution in [3.8, 4) is 0 Å². The van der Waals surface area contributed by atoms with Crippen LogP contribution in [0.2, 0.25) is 0 Å². The first kappa shape index (κ1) is 20.2. The van der Waals surface area contributed by atoms with Crippen LogP contribution in [0.3, 0.4) is 0 Å². The number of carbonyl (C=O) groups excluding carboxylic acids is 2. The van der Waals surface area contributed by atoms with Gasteiger partial charge in [0.2, 0.25) is 5.91 Å². The van der Waals surface area contributed by atoms with E-state index in [9.17, 15) is 27.9 Å². The van der Waals surface area contributed by atoms with Crippen LogP contribution in [0.4, 0.5) is 13.2 Å². The zero-order valence-electron chi connectivity index (χ0n) is 15.1. The topological polar surface area (TPSA) is 66.4 Å². The number of ketones is 1. The van der Waals surface area contributed by atoms with Crippen molar-refractivity contribution in [1.29, 1.82) is 0 Å². The fourth-order valence-corrected chi connectivity index (χ4v) is 4.80. The molecule has 2 saturated carbocycles. The molecule has 2 rings (SSSR count). The molecular weight excluding hydrogens is 335 g/mol. The molecule has 2 aliphatic carbocycles. The largest absolute Gasteiger partial charge is 0.417 e. The Labute approximate surface area is 146 Å². The third-order valence-electron chi connectivity index (χ3n) is 6.36. The SMILES string of the molecule is C[C@H](CNC(=O)C[C@](C)(O)C(F)(F)F)[C@H]1CC[C@H]2C(=O)CCC[C@]12C. The molecule has 0 saturated heterocycles. The number of hydrogen-bond donors (Lipinski definition) is 2. The molecule has 2 fully saturated rings. The van der Waals surface area contributed by atoms with Crippen LogP contribution in [0.1, 0.15) is 59.3 Å². The van der Waals surface area contributed by atoms with Gasteiger partial charge >= 0.3 is 6.18 Å². The molecule has 5 atom stereocenters. The van der Waals surface area contributed by atoms with E-state index in [0.717, 1.165) is 25.7 Å². The molecule has 0 unspecified atom stereocenters. The summed E-state index contributed by atoms with van der Waals surface area (Å²) in [6.45, 7) is 4.97. The highest BCUT2D eigenvalue weighted by Crippen LogP contribution is 2.56. The molecule has 0 bridgehead atoms. The minimum atomic E-state index is -4.84. The molecule has 7 heteroatoms. The normalized spacial score (nSPS) is 33.5. The molecule has 0 aliphatic heterocycles. The highest BCUT2D eigenvalue weighted by Gasteiger charge is 2.53. The Balaban J connectivity index is 1.91. The van der Waals surface area contributed by atoms with E-state index >= 15 is 0 Å². The Morgan fingerprint density at radius 1 is 1.40 bits per heavy atom. The monoisotopic (exact) mass is 363 g/mol. The lowest BCUT2D eigenvalue weighted by Gasteiger charge is -2.42. The van der Waals surface area contributed by atoms with Gasteiger partial charge in [0.05, 0.1) is 6.42 Å². The molecular formula is C18H28F3NO3. The van der Waals surface area contributed by atoms with Gasteiger partial charge in [-0.1, -0.05) is 13.8 Å². The average Bonchev–Trinajstić information content (AvgIpc) is 2.81. The minimum absolute atomic E-state index is 0.0701. The van der Waals surface area contributed by atoms with Crippen LogP contribution in [0, 0.1) is 23.2 Å². The highest BCUT2D eigenvalue weighted by molar-refractivity contribution is 5.83. The predicted octanol–water partition coefficient (Wildman–Crippen LogP) is 3.23. The second-order valence-corrected chi connectivity index (χ2v) is 8.29. The summed E-state index contributed by atoms with van der Waals surface area (Å²) in [5, 5.41) is 11.9. The van der Waals surface area contributed by atoms with Gasteiger partial charge in [0.1, 0.15) is 5.78 Å². The second-order valence-electron chi connectivity index (χ2n) is 8.29. The fourth-order valence-electron chi connectivity index (χ4n) is 4.80. The van der Waals surface area contributed by atoms with Crippen molar-refractivity contribution in [2.75, 3.05) is 6.54 Å². The maximum atomic E-state index is 12.6. The van der Waals surface area contributed by atoms with E-state index in [1.54, 1.807) is 0 Å². The van der Waals surface area contributed by atoms with Crippen molar-refractivity contribution < 1.29 is 27.9 Å². The second kappa shape index (κ2) is 6.89. The van der Waals surface area contributed by atoms with Gasteiger partial charge in [-0.3, -0.25) is 9.59 Å². The number of hydrogen-bond acceptors (Lipinski definition) is 3. The first-order valence-electron chi connectivity index (χ1n) is 8.97. The molecule has 144 valence electrons. The van der Waals surface area contributed by atoms with Gasteiger partial charge in [0.25, 0.3) is 0 Å². The van der Waals surface area contributed by atoms with Crippen molar-refractivity contribution in [3.05, 3.63) is 0 Å². The number of halogens is 3. The molecule has 2 aliphatic rings. The van der Waals surface area contributed by atoms with Crippen molar-refractivity contribution in [2.24, 2.45) is 23.2 Å². The quantitative estimate of drug-likeness (QED) is 0.788. The van der Waals surface area contributed by atoms with E-state index < -0.39 is 24.1 Å². The summed E-state index contributed by atoms with van der Waals surface area (Å²) >= 11 is 0. The standard InChI is InChI=1S/C18H28F3NO3/c1-11(10-22-15(24)9-17(3,25)18(19,20)21)12-6-7-13-14(23)5-4-8-16(12,13)2/h11-13,25H,4-10H2,1-3H3,(H,22,24)/t11-,12-,13+,16-,17+/m1/s1. The summed E-state index contributed by atoms with van der Waals surface area (Å²) in [6, 6.07) is 0. The summed E-state index contributed by atoms with van der Waals surface area (Å²) in [5.74, 6) is -0.0662. The summed E-state index contributed by atoms with van der Waals surface area (Å²) < 4.78 is 37.9. The third kappa shape index (κ3) is 4.01. The van der Waals surface area contributed by atoms with Crippen LogP contribution < -0.4 is 5.32 Å². The molecule has 2 N–H and O–H groups in total. The lowest BCUT2D eigenvalue weighted by molar-refractivity contribution is -0.253. The molecule has 0 aromatic heterocycles. The minimum Gasteiger partial charge on any atom is -0.380 e. The van der Waals surface area contributed by atoms with E-state index in [-0.39, 0.29) is 29.7 Å². The van der Waals surface area contributed by atoms with E-state index in [1.807, 2.05) is 6.92 Å². The number of fused-ring (bicyclic) bond motifs is 1. The molecule has 4 nitrogen and oxygen atoms in total. The maximum absolute atomic E-state index is 12.6. The molecule has 1 amide bonds. The van der Waals surface area contributed by atoms with Crippen LogP contribution >= 0.6 is 0 Å². The fraction of sp³-hybridized carbons (Fsp3) is 0.889. The van der Waals surface area contributed by atoms with Crippen molar-refractivity contribution in [1.82, 2.24) is 5.32 Å². The Bertz CT molecular complexity index is 532. The van der Waals surface area contributed by atoms with Gasteiger partial charge in [0.15, 0.2) is 5.60 Å². The number of Topliss-reactive ketones (excluding diaryl/α,β-unsaturated/α-hetero) is 1. The smallest absolute Gasteiger partial charge is 0.380 e. The summed E-state index contributed by atoms with van der Waals surface area (Å²) in [4.78, 5) is 24.0. The van der Waals surface area contributed by atoms with Crippen LogP contribution in [0.15, 0.2) is 0 Å². The van der Waals surface area contributed by atoms with E-state index in [4.69, 9.17) is 0 Å². The number of alkyl halides is 3. The summed E-state index contributed by atoms with van der Waals surface area (Å²) in [5.41, 5.74) is -3.10. The first-order chi connectivity index (χ1) is 11.4. The molecule has 0 aromatic carbocycles. The lowest BCUT2D eigenvalue weighted by Crippen LogP contribution is -2.47. The maximum Gasteiger partial charge on any atom is 0.417 e. The Morgan fingerprint density at radius 3 is 2.64 bits per heavy atom. The zero-order valence-corrected chi connectivity index (χ0v) is 15.1. The number of aliphatic hydroxyl groups is 1. The van der Waals surface area contributed by atoms with Crippen molar-refractivity contribution in [2.45, 2.75) is 71.1 Å². The Hall–Kier alpha value is -1.11. The first-order valence-corrected chi connectivity index (χ1v) is 8.97. The molecule has 0 heterocycles. The molecule has 0 spiro atoms. The number of nitrogens with one attached hydrogen (secondary N) is 1. The van der Waals surface area contributed by atoms with Gasteiger partial charge < -0.3 is 10.4 Å². The Kier molecular flexibility index (Phi) is 5.57. The lowest BCUT2D eigenvalue weighted by atomic mass is 9.62. The van der Waals surface area contributed by atoms with Gasteiger partial charge in [0, 0.05) is 18.9 Å². The third-order valence-corrected chi connectivity index (χ3v) is 6.36. The number of amides is 1. The van der Waals surface area contributed by atoms with Crippen LogP contribution in [0.25, 0.3) is 0 Å². The van der Waals surface area contributed by atoms with E-state index in [1.165, 1.54) is 0 Å². The van der Waals surface area contributed by atoms with E-state index in [0.29, 0.717) is 19.1 Å². The van der Waals surface area contributed by atoms with Gasteiger partial charge in [-0.2, -0.15) is 13.2 Å². The van der Waals surface area contributed by atoms with Crippen LogP contribution in [-0.2, 0) is 9.59 Å². The highest BCUT2D eigenvalue weighted by atomic mass is 19.4. The molecule has 0 aromatic rings. The van der Waals surface area contributed by atoms with Gasteiger partial charge in [-0.25, -0.2) is 0 Å². The number of rotatable bonds is 5. The van der Waals surface area contributed by atoms with E-state index in [2.05, 4.69) is 12.2 Å². The predicted molar refractivity (Wildman–Crippen MR) is 86.6 cm³/mol. The Morgan fingerprint density at radius 2 is 2.04 bits per heavy atom. The zero-order chi connectivity index (χ0) is 19.0. The molecule has 25 heavy (non-hydrogen) atoms. The summed E-state index contributed by atoms with van der Waals surface area (Å²) in [6.07, 6.45) is -1.57. The average molecular weight is 363 g/mol. The van der Waals surface area contributed by atoms with Gasteiger partial charge in [-0.05, 0) is 49.9 Å². The van der Waals surface area contributed by atoms with Gasteiger partial charge in [-0.15, -0.1) is 0 Å².